The molecule has 0 bridgehead atoms. The van der Waals surface area contributed by atoms with Gasteiger partial charge in [0.05, 0.1) is 6.61 Å². The van der Waals surface area contributed by atoms with E-state index in [9.17, 15) is 40.1 Å². The minimum atomic E-state index is -5.31. The van der Waals surface area contributed by atoms with Crippen LogP contribution in [0.3, 0.4) is 0 Å². The van der Waals surface area contributed by atoms with E-state index in [4.69, 9.17) is 13.8 Å². The Labute approximate surface area is 281 Å². The van der Waals surface area contributed by atoms with Crippen LogP contribution in [0.2, 0.25) is 0 Å². The molecule has 49 heavy (non-hydrogen) atoms. The first-order valence-electron chi connectivity index (χ1n) is 16.3. The van der Waals surface area contributed by atoms with E-state index in [-0.39, 0.29) is 23.8 Å². The highest BCUT2D eigenvalue weighted by Gasteiger charge is 2.40. The van der Waals surface area contributed by atoms with Gasteiger partial charge in [0, 0.05) is 6.07 Å². The largest absolute Gasteiger partial charge is 0.513 e. The van der Waals surface area contributed by atoms with E-state index in [2.05, 4.69) is 18.9 Å². The van der Waals surface area contributed by atoms with Crippen LogP contribution < -0.4 is 14.1 Å². The van der Waals surface area contributed by atoms with Crippen LogP contribution in [0.1, 0.15) is 83.6 Å². The van der Waals surface area contributed by atoms with Gasteiger partial charge in [-0.25, -0.2) is 26.5 Å². The van der Waals surface area contributed by atoms with E-state index in [1.807, 2.05) is 0 Å². The first kappa shape index (κ1) is 39.9. The van der Waals surface area contributed by atoms with Crippen molar-refractivity contribution < 1.29 is 53.9 Å². The van der Waals surface area contributed by atoms with Crippen LogP contribution in [0.25, 0.3) is 0 Å². The number of carbonyl (C=O) groups excluding carboxylic acids is 1. The summed E-state index contributed by atoms with van der Waals surface area (Å²) in [6, 6.07) is 7.42. The summed E-state index contributed by atoms with van der Waals surface area (Å²) in [5, 5.41) is 2.19. The maximum Gasteiger partial charge on any atom is 0.513 e. The molecular weight excluding hydrogens is 678 g/mol. The molecule has 0 saturated heterocycles. The van der Waals surface area contributed by atoms with Crippen LogP contribution in [-0.2, 0) is 20.5 Å². The van der Waals surface area contributed by atoms with Crippen molar-refractivity contribution in [3.63, 3.8) is 0 Å². The molecule has 0 unspecified atom stereocenters. The van der Waals surface area contributed by atoms with Crippen LogP contribution in [-0.4, -0.2) is 18.6 Å². The smallest absolute Gasteiger partial charge is 0.464 e. The van der Waals surface area contributed by atoms with Gasteiger partial charge in [-0.05, 0) is 55.0 Å². The summed E-state index contributed by atoms with van der Waals surface area (Å²) in [6.07, 6.45) is 8.81. The quantitative estimate of drug-likeness (QED) is 0.0295. The van der Waals surface area contributed by atoms with Crippen molar-refractivity contribution in [1.29, 1.82) is 0 Å². The zero-order valence-electron chi connectivity index (χ0n) is 27.4. The Balaban J connectivity index is 1.97. The van der Waals surface area contributed by atoms with Gasteiger partial charge in [-0.3, -0.25) is 4.79 Å². The van der Waals surface area contributed by atoms with Crippen molar-refractivity contribution in [1.82, 2.24) is 5.09 Å². The molecule has 0 aliphatic heterocycles. The fourth-order valence-electron chi connectivity index (χ4n) is 5.14. The monoisotopic (exact) mass is 719 g/mol. The number of esters is 1. The van der Waals surface area contributed by atoms with E-state index in [0.717, 1.165) is 76.3 Å². The molecular formula is C35H41F7NO5P. The fraction of sp³-hybridized carbons (Fsp3) is 0.457. The zero-order valence-corrected chi connectivity index (χ0v) is 28.3. The molecule has 6 nitrogen and oxygen atoms in total. The molecule has 0 aromatic heterocycles. The third-order valence-electron chi connectivity index (χ3n) is 7.70. The molecule has 0 spiro atoms. The predicted octanol–water partition coefficient (Wildman–Crippen LogP) is 10.5. The summed E-state index contributed by atoms with van der Waals surface area (Å²) in [7, 11) is -5.31. The van der Waals surface area contributed by atoms with Crippen LogP contribution in [0.4, 0.5) is 30.7 Å². The van der Waals surface area contributed by atoms with E-state index >= 15 is 0 Å². The van der Waals surface area contributed by atoms with Gasteiger partial charge in [-0.1, -0.05) is 83.4 Å². The second-order valence-corrected chi connectivity index (χ2v) is 13.4. The molecule has 0 saturated carbocycles. The van der Waals surface area contributed by atoms with Gasteiger partial charge in [0.1, 0.15) is 23.4 Å². The number of rotatable bonds is 21. The number of halogens is 7. The Hall–Kier alpha value is -3.57. The zero-order chi connectivity index (χ0) is 36.0. The van der Waals surface area contributed by atoms with Crippen LogP contribution in [0.15, 0.2) is 48.5 Å². The van der Waals surface area contributed by atoms with E-state index in [1.54, 1.807) is 0 Å². The third-order valence-corrected chi connectivity index (χ3v) is 9.21. The molecule has 1 N–H and O–H groups in total. The Morgan fingerprint density at radius 2 is 1.24 bits per heavy atom. The van der Waals surface area contributed by atoms with Gasteiger partial charge in [0.15, 0.2) is 0 Å². The molecule has 3 rings (SSSR count). The van der Waals surface area contributed by atoms with Gasteiger partial charge in [-0.2, -0.15) is 13.9 Å². The van der Waals surface area contributed by atoms with Crippen molar-refractivity contribution in [3.8, 4) is 11.5 Å². The maximum atomic E-state index is 14.7. The number of para-hydroxylation sites is 1. The maximum absolute atomic E-state index is 14.7. The molecule has 0 heterocycles. The first-order valence-corrected chi connectivity index (χ1v) is 17.9. The molecule has 0 radical (unpaired) electrons. The molecule has 0 fully saturated rings. The Morgan fingerprint density at radius 3 is 1.78 bits per heavy atom. The third kappa shape index (κ3) is 12.4. The van der Waals surface area contributed by atoms with Crippen molar-refractivity contribution >= 4 is 13.7 Å². The fourth-order valence-corrected chi connectivity index (χ4v) is 6.67. The first-order chi connectivity index (χ1) is 23.4. The molecule has 14 heteroatoms. The van der Waals surface area contributed by atoms with Gasteiger partial charge in [-0.15, -0.1) is 0 Å². The number of benzene rings is 3. The lowest BCUT2D eigenvalue weighted by Crippen LogP contribution is -2.40. The average Bonchev–Trinajstić information content (AvgIpc) is 3.06. The standard InChI is InChI=1S/C35H41F7NO5P/c1-3-5-7-10-14-23(15-11-8-6-4-2)22-46-35(44)28(20-24-18-25(36)21-26(37)19-24)43-49(45,47-27-16-12-9-13-17-27)48-34-32(41)30(39)29(38)31(40)33(34)42/h9,12-13,16-19,21,23,28H,3-8,10-11,14-15,20,22H2,1-2H3,(H,43,45)/t28-,49-/m0/s1. The molecule has 0 aliphatic rings. The normalized spacial score (nSPS) is 13.3. The molecule has 3 aromatic carbocycles. The van der Waals surface area contributed by atoms with E-state index in [0.29, 0.717) is 6.07 Å². The molecule has 0 aliphatic carbocycles. The number of nitrogens with one attached hydrogen (secondary N) is 1. The lowest BCUT2D eigenvalue weighted by atomic mass is 9.95. The number of hydrogen-bond acceptors (Lipinski definition) is 5. The second-order valence-electron chi connectivity index (χ2n) is 11.8. The lowest BCUT2D eigenvalue weighted by molar-refractivity contribution is -0.147. The van der Waals surface area contributed by atoms with Crippen LogP contribution in [0.5, 0.6) is 11.5 Å². The van der Waals surface area contributed by atoms with Gasteiger partial charge in [0.25, 0.3) is 0 Å². The Kier molecular flexibility index (Phi) is 15.9. The molecule has 3 aromatic rings. The summed E-state index contributed by atoms with van der Waals surface area (Å²) >= 11 is 0. The minimum Gasteiger partial charge on any atom is -0.464 e. The summed E-state index contributed by atoms with van der Waals surface area (Å²) < 4.78 is 130. The molecule has 0 amide bonds. The van der Waals surface area contributed by atoms with Crippen molar-refractivity contribution in [2.75, 3.05) is 6.61 Å². The van der Waals surface area contributed by atoms with E-state index < -0.39 is 72.6 Å². The summed E-state index contributed by atoms with van der Waals surface area (Å²) in [6.45, 7) is 4.10. The van der Waals surface area contributed by atoms with Crippen molar-refractivity contribution in [3.05, 3.63) is 94.8 Å². The van der Waals surface area contributed by atoms with Gasteiger partial charge >= 0.3 is 13.7 Å². The molecule has 270 valence electrons. The SMILES string of the molecule is CCCCCCC(CCCCCC)COC(=O)[C@H](Cc1cc(F)cc(F)c1)N[P@](=O)(Oc1ccccc1)Oc1c(F)c(F)c(F)c(F)c1F. The number of unbranched alkanes of at least 4 members (excludes halogenated alkanes) is 6. The topological polar surface area (TPSA) is 73.9 Å². The number of hydrogen-bond donors (Lipinski definition) is 1. The molecule has 2 atom stereocenters. The van der Waals surface area contributed by atoms with Crippen molar-refractivity contribution in [2.45, 2.75) is 90.5 Å². The lowest BCUT2D eigenvalue weighted by Gasteiger charge is -2.26. The number of carbonyl (C=O) groups is 1. The Morgan fingerprint density at radius 1 is 0.714 bits per heavy atom. The minimum absolute atomic E-state index is 0.0399. The summed E-state index contributed by atoms with van der Waals surface area (Å²) in [5.74, 6) is -17.4. The highest BCUT2D eigenvalue weighted by molar-refractivity contribution is 7.52. The van der Waals surface area contributed by atoms with Crippen LogP contribution >= 0.6 is 7.75 Å². The van der Waals surface area contributed by atoms with Crippen molar-refractivity contribution in [2.24, 2.45) is 5.92 Å². The van der Waals surface area contributed by atoms with Gasteiger partial charge in [0.2, 0.25) is 34.8 Å². The van der Waals surface area contributed by atoms with Crippen LogP contribution in [0, 0.1) is 46.6 Å². The van der Waals surface area contributed by atoms with E-state index in [1.165, 1.54) is 30.3 Å². The summed E-state index contributed by atoms with van der Waals surface area (Å²) in [5.41, 5.74) is -0.120. The average molecular weight is 720 g/mol. The summed E-state index contributed by atoms with van der Waals surface area (Å²) in [4.78, 5) is 13.6. The Bertz CT molecular complexity index is 1500. The predicted molar refractivity (Wildman–Crippen MR) is 170 cm³/mol. The highest BCUT2D eigenvalue weighted by Crippen LogP contribution is 2.48. The van der Waals surface area contributed by atoms with Gasteiger partial charge < -0.3 is 13.8 Å². The highest BCUT2D eigenvalue weighted by atomic mass is 31.2. The second kappa shape index (κ2) is 19.6. The number of ether oxygens (including phenoxy) is 1.